The van der Waals surface area contributed by atoms with Crippen molar-refractivity contribution in [2.45, 2.75) is 35.9 Å². The summed E-state index contributed by atoms with van der Waals surface area (Å²) in [6.45, 7) is 3.63. The van der Waals surface area contributed by atoms with E-state index < -0.39 is 9.84 Å². The summed E-state index contributed by atoms with van der Waals surface area (Å²) in [7, 11) is -2.96. The molecule has 0 aliphatic carbocycles. The van der Waals surface area contributed by atoms with Gasteiger partial charge in [0.05, 0.1) is 16.8 Å². The Balaban J connectivity index is 1.86. The first kappa shape index (κ1) is 14.7. The number of carbonyl (C=O) groups excluding carboxylic acids is 1. The van der Waals surface area contributed by atoms with Crippen LogP contribution in [0.5, 0.6) is 0 Å². The van der Waals surface area contributed by atoms with Crippen molar-refractivity contribution in [2.75, 3.05) is 11.5 Å². The van der Waals surface area contributed by atoms with Crippen molar-refractivity contribution in [1.82, 2.24) is 15.5 Å². The predicted molar refractivity (Wildman–Crippen MR) is 75.2 cm³/mol. The van der Waals surface area contributed by atoms with Crippen molar-refractivity contribution in [1.29, 1.82) is 0 Å². The van der Waals surface area contributed by atoms with Gasteiger partial charge >= 0.3 is 0 Å². The molecule has 1 N–H and O–H groups in total. The van der Waals surface area contributed by atoms with E-state index in [2.05, 4.69) is 15.5 Å². The van der Waals surface area contributed by atoms with Gasteiger partial charge in [0, 0.05) is 6.04 Å². The fraction of sp³-hybridized carbons (Fsp3) is 0.700. The Hall–Kier alpha value is -0.670. The highest BCUT2D eigenvalue weighted by Gasteiger charge is 2.30. The molecule has 2 heterocycles. The lowest BCUT2D eigenvalue weighted by molar-refractivity contribution is -0.120. The van der Waals surface area contributed by atoms with Crippen LogP contribution in [0.15, 0.2) is 4.34 Å². The van der Waals surface area contributed by atoms with E-state index in [4.69, 9.17) is 0 Å². The Labute approximate surface area is 120 Å². The van der Waals surface area contributed by atoms with Gasteiger partial charge in [-0.3, -0.25) is 4.79 Å². The topological polar surface area (TPSA) is 89.0 Å². The molecule has 0 bridgehead atoms. The summed E-state index contributed by atoms with van der Waals surface area (Å²) >= 11 is 2.78. The standard InChI is InChI=1S/C10H15N3O3S3/c1-6(17-10-13-12-7(2)18-10)9(14)11-8-3-4-19(15,16)5-8/h6,8H,3-5H2,1-2H3,(H,11,14)/t6-,8+/m0/s1. The van der Waals surface area contributed by atoms with E-state index in [-0.39, 0.29) is 28.7 Å². The van der Waals surface area contributed by atoms with Crippen LogP contribution in [0.4, 0.5) is 0 Å². The third-order valence-electron chi connectivity index (χ3n) is 2.73. The number of aromatic nitrogens is 2. The molecule has 6 nitrogen and oxygen atoms in total. The maximum Gasteiger partial charge on any atom is 0.233 e. The second-order valence-corrected chi connectivity index (χ2v) is 9.45. The van der Waals surface area contributed by atoms with Gasteiger partial charge < -0.3 is 5.32 Å². The lowest BCUT2D eigenvalue weighted by atomic mass is 10.2. The molecule has 0 aromatic carbocycles. The third-order valence-corrected chi connectivity index (χ3v) is 6.52. The number of rotatable bonds is 4. The highest BCUT2D eigenvalue weighted by atomic mass is 32.2. The Morgan fingerprint density at radius 1 is 1.53 bits per heavy atom. The molecule has 9 heteroatoms. The van der Waals surface area contributed by atoms with Crippen LogP contribution in [-0.2, 0) is 14.6 Å². The highest BCUT2D eigenvalue weighted by Crippen LogP contribution is 2.26. The Bertz CT molecular complexity index is 570. The van der Waals surface area contributed by atoms with E-state index >= 15 is 0 Å². The number of hydrogen-bond donors (Lipinski definition) is 1. The average Bonchev–Trinajstić information content (AvgIpc) is 2.85. The number of hydrogen-bond acceptors (Lipinski definition) is 7. The SMILES string of the molecule is Cc1nnc(S[C@@H](C)C(=O)N[C@@H]2CCS(=O)(=O)C2)s1. The van der Waals surface area contributed by atoms with Crippen LogP contribution >= 0.6 is 23.1 Å². The zero-order valence-corrected chi connectivity index (χ0v) is 13.1. The van der Waals surface area contributed by atoms with Gasteiger partial charge in [0.25, 0.3) is 0 Å². The fourth-order valence-corrected chi connectivity index (χ4v) is 5.40. The highest BCUT2D eigenvalue weighted by molar-refractivity contribution is 8.02. The molecular weight excluding hydrogens is 306 g/mol. The Morgan fingerprint density at radius 3 is 2.79 bits per heavy atom. The van der Waals surface area contributed by atoms with Crippen molar-refractivity contribution >= 4 is 38.8 Å². The molecule has 19 heavy (non-hydrogen) atoms. The van der Waals surface area contributed by atoms with Crippen molar-refractivity contribution in [2.24, 2.45) is 0 Å². The molecule has 1 aliphatic rings. The lowest BCUT2D eigenvalue weighted by Gasteiger charge is -2.14. The van der Waals surface area contributed by atoms with Gasteiger partial charge in [0.2, 0.25) is 5.91 Å². The van der Waals surface area contributed by atoms with E-state index in [1.165, 1.54) is 23.1 Å². The summed E-state index contributed by atoms with van der Waals surface area (Å²) in [4.78, 5) is 12.0. The van der Waals surface area contributed by atoms with Gasteiger partial charge in [0.1, 0.15) is 5.01 Å². The lowest BCUT2D eigenvalue weighted by Crippen LogP contribution is -2.39. The zero-order valence-electron chi connectivity index (χ0n) is 10.6. The van der Waals surface area contributed by atoms with Gasteiger partial charge in [-0.2, -0.15) is 0 Å². The molecule has 0 spiro atoms. The van der Waals surface area contributed by atoms with E-state index in [9.17, 15) is 13.2 Å². The monoisotopic (exact) mass is 321 g/mol. The summed E-state index contributed by atoms with van der Waals surface area (Å²) < 4.78 is 23.4. The summed E-state index contributed by atoms with van der Waals surface area (Å²) in [6.07, 6.45) is 0.503. The van der Waals surface area contributed by atoms with Crippen LogP contribution < -0.4 is 5.32 Å². The maximum atomic E-state index is 12.0. The molecule has 0 radical (unpaired) electrons. The summed E-state index contributed by atoms with van der Waals surface area (Å²) in [5.41, 5.74) is 0. The van der Waals surface area contributed by atoms with Crippen molar-refractivity contribution in [3.05, 3.63) is 5.01 Å². The minimum atomic E-state index is -2.96. The molecule has 2 rings (SSSR count). The molecule has 0 saturated carbocycles. The van der Waals surface area contributed by atoms with Crippen LogP contribution in [0.2, 0.25) is 0 Å². The first-order chi connectivity index (χ1) is 8.85. The largest absolute Gasteiger partial charge is 0.351 e. The molecular formula is C10H15N3O3S3. The molecule has 106 valence electrons. The summed E-state index contributed by atoms with van der Waals surface area (Å²) in [5, 5.41) is 11.2. The molecule has 1 aliphatic heterocycles. The number of sulfone groups is 1. The minimum Gasteiger partial charge on any atom is -0.351 e. The second kappa shape index (κ2) is 5.76. The third kappa shape index (κ3) is 4.15. The average molecular weight is 321 g/mol. The smallest absolute Gasteiger partial charge is 0.233 e. The Kier molecular flexibility index (Phi) is 4.46. The molecule has 0 unspecified atom stereocenters. The summed E-state index contributed by atoms with van der Waals surface area (Å²) in [6, 6.07) is -0.253. The van der Waals surface area contributed by atoms with Gasteiger partial charge in [-0.25, -0.2) is 8.42 Å². The fourth-order valence-electron chi connectivity index (χ4n) is 1.76. The molecule has 1 aromatic rings. The number of carbonyl (C=O) groups is 1. The number of nitrogens with one attached hydrogen (secondary N) is 1. The van der Waals surface area contributed by atoms with Gasteiger partial charge in [-0.1, -0.05) is 23.1 Å². The molecule has 2 atom stereocenters. The van der Waals surface area contributed by atoms with Crippen molar-refractivity contribution in [3.8, 4) is 0 Å². The van der Waals surface area contributed by atoms with Crippen LogP contribution in [0.1, 0.15) is 18.4 Å². The van der Waals surface area contributed by atoms with Gasteiger partial charge in [0.15, 0.2) is 14.2 Å². The first-order valence-corrected chi connectivity index (χ1v) is 9.35. The molecule has 1 amide bonds. The number of amides is 1. The van der Waals surface area contributed by atoms with Crippen molar-refractivity contribution in [3.63, 3.8) is 0 Å². The predicted octanol–water partition coefficient (Wildman–Crippen LogP) is 0.630. The normalized spacial score (nSPS) is 23.2. The number of aryl methyl sites for hydroxylation is 1. The van der Waals surface area contributed by atoms with E-state index in [1.54, 1.807) is 6.92 Å². The minimum absolute atomic E-state index is 0.0496. The second-order valence-electron chi connectivity index (χ2n) is 4.46. The van der Waals surface area contributed by atoms with E-state index in [0.717, 1.165) is 9.35 Å². The van der Waals surface area contributed by atoms with Crippen LogP contribution in [0.25, 0.3) is 0 Å². The van der Waals surface area contributed by atoms with Crippen molar-refractivity contribution < 1.29 is 13.2 Å². The van der Waals surface area contributed by atoms with E-state index in [0.29, 0.717) is 6.42 Å². The quantitative estimate of drug-likeness (QED) is 0.818. The van der Waals surface area contributed by atoms with Crippen LogP contribution in [0.3, 0.4) is 0 Å². The van der Waals surface area contributed by atoms with E-state index in [1.807, 2.05) is 6.92 Å². The Morgan fingerprint density at radius 2 is 2.26 bits per heavy atom. The molecule has 1 aromatic heterocycles. The summed E-state index contributed by atoms with van der Waals surface area (Å²) in [5.74, 6) is 0.0586. The molecule has 1 fully saturated rings. The van der Waals surface area contributed by atoms with Crippen LogP contribution in [0, 0.1) is 6.92 Å². The zero-order chi connectivity index (χ0) is 14.0. The molecule has 1 saturated heterocycles. The number of nitrogens with zero attached hydrogens (tertiary/aromatic N) is 2. The van der Waals surface area contributed by atoms with Gasteiger partial charge in [-0.05, 0) is 20.3 Å². The number of thioether (sulfide) groups is 1. The van der Waals surface area contributed by atoms with Crippen LogP contribution in [-0.4, -0.2) is 47.3 Å². The first-order valence-electron chi connectivity index (χ1n) is 5.83. The van der Waals surface area contributed by atoms with Gasteiger partial charge in [-0.15, -0.1) is 10.2 Å². The maximum absolute atomic E-state index is 12.0.